The van der Waals surface area contributed by atoms with Gasteiger partial charge in [0.05, 0.1) is 0 Å². The van der Waals surface area contributed by atoms with Crippen molar-refractivity contribution < 1.29 is 9.21 Å². The summed E-state index contributed by atoms with van der Waals surface area (Å²) in [5, 5.41) is 0.994. The van der Waals surface area contributed by atoms with Gasteiger partial charge in [0.25, 0.3) is 0 Å². The highest BCUT2D eigenvalue weighted by molar-refractivity contribution is 9.10. The Balaban J connectivity index is 2.14. The van der Waals surface area contributed by atoms with Crippen LogP contribution in [0, 0.1) is 13.8 Å². The van der Waals surface area contributed by atoms with Crippen LogP contribution in [0.1, 0.15) is 27.2 Å². The number of ketones is 1. The van der Waals surface area contributed by atoms with E-state index in [1.54, 1.807) is 12.1 Å². The zero-order valence-electron chi connectivity index (χ0n) is 11.2. The van der Waals surface area contributed by atoms with Gasteiger partial charge < -0.3 is 4.42 Å². The van der Waals surface area contributed by atoms with Crippen molar-refractivity contribution in [2.75, 3.05) is 0 Å². The van der Waals surface area contributed by atoms with Crippen LogP contribution >= 0.6 is 15.9 Å². The van der Waals surface area contributed by atoms with Crippen LogP contribution < -0.4 is 0 Å². The molecule has 1 heterocycles. The topological polar surface area (TPSA) is 30.2 Å². The van der Waals surface area contributed by atoms with E-state index in [1.807, 2.05) is 44.2 Å². The van der Waals surface area contributed by atoms with Crippen molar-refractivity contribution in [3.8, 4) is 0 Å². The Bertz CT molecular complexity index is 815. The molecule has 3 heteroatoms. The summed E-state index contributed by atoms with van der Waals surface area (Å²) < 4.78 is 6.65. The van der Waals surface area contributed by atoms with E-state index < -0.39 is 0 Å². The Morgan fingerprint density at radius 2 is 1.90 bits per heavy atom. The lowest BCUT2D eigenvalue weighted by atomic mass is 10.0. The summed E-state index contributed by atoms with van der Waals surface area (Å²) in [6.07, 6.45) is 0. The van der Waals surface area contributed by atoms with Crippen molar-refractivity contribution >= 4 is 32.7 Å². The molecule has 0 aliphatic heterocycles. The third-order valence-corrected chi connectivity index (χ3v) is 3.88. The molecule has 2 aromatic carbocycles. The fourth-order valence-electron chi connectivity index (χ4n) is 2.31. The van der Waals surface area contributed by atoms with Gasteiger partial charge in [0.1, 0.15) is 5.58 Å². The molecule has 0 atom stereocenters. The van der Waals surface area contributed by atoms with Crippen molar-refractivity contribution in [1.29, 1.82) is 0 Å². The van der Waals surface area contributed by atoms with Gasteiger partial charge in [0, 0.05) is 21.0 Å². The molecule has 3 aromatic rings. The molecule has 20 heavy (non-hydrogen) atoms. The minimum atomic E-state index is -0.0855. The van der Waals surface area contributed by atoms with Gasteiger partial charge in [-0.3, -0.25) is 4.79 Å². The molecule has 0 aliphatic rings. The summed E-state index contributed by atoms with van der Waals surface area (Å²) in [6, 6.07) is 13.3. The van der Waals surface area contributed by atoms with E-state index in [4.69, 9.17) is 4.42 Å². The van der Waals surface area contributed by atoms with E-state index in [9.17, 15) is 4.79 Å². The highest BCUT2D eigenvalue weighted by atomic mass is 79.9. The number of aryl methyl sites for hydroxylation is 2. The Morgan fingerprint density at radius 1 is 1.10 bits per heavy atom. The quantitative estimate of drug-likeness (QED) is 0.616. The van der Waals surface area contributed by atoms with Crippen molar-refractivity contribution in [3.05, 3.63) is 69.4 Å². The number of rotatable bonds is 2. The van der Waals surface area contributed by atoms with Crippen molar-refractivity contribution in [3.63, 3.8) is 0 Å². The summed E-state index contributed by atoms with van der Waals surface area (Å²) in [5.41, 5.74) is 3.40. The Morgan fingerprint density at radius 3 is 2.65 bits per heavy atom. The summed E-state index contributed by atoms with van der Waals surface area (Å²) >= 11 is 3.38. The van der Waals surface area contributed by atoms with Crippen LogP contribution in [0.4, 0.5) is 0 Å². The number of carbonyl (C=O) groups is 1. The first-order chi connectivity index (χ1) is 9.56. The largest absolute Gasteiger partial charge is 0.452 e. The van der Waals surface area contributed by atoms with Crippen LogP contribution in [0.15, 0.2) is 51.4 Å². The second kappa shape index (κ2) is 4.91. The summed E-state index contributed by atoms with van der Waals surface area (Å²) in [6.45, 7) is 3.93. The first-order valence-corrected chi connectivity index (χ1v) is 7.15. The smallest absolute Gasteiger partial charge is 0.228 e. The lowest BCUT2D eigenvalue weighted by Gasteiger charge is -1.99. The van der Waals surface area contributed by atoms with Crippen LogP contribution in [-0.4, -0.2) is 5.78 Å². The van der Waals surface area contributed by atoms with Crippen molar-refractivity contribution in [2.45, 2.75) is 13.8 Å². The molecule has 1 aromatic heterocycles. The Labute approximate surface area is 125 Å². The predicted molar refractivity (Wildman–Crippen MR) is 83.3 cm³/mol. The molecule has 0 N–H and O–H groups in total. The molecule has 100 valence electrons. The van der Waals surface area contributed by atoms with Gasteiger partial charge in [-0.25, -0.2) is 0 Å². The molecular formula is C17H13BrO2. The van der Waals surface area contributed by atoms with Gasteiger partial charge in [-0.2, -0.15) is 0 Å². The molecule has 0 unspecified atom stereocenters. The average Bonchev–Trinajstić information content (AvgIpc) is 2.74. The van der Waals surface area contributed by atoms with Gasteiger partial charge in [-0.05, 0) is 37.6 Å². The fourth-order valence-corrected chi connectivity index (χ4v) is 2.71. The summed E-state index contributed by atoms with van der Waals surface area (Å²) in [7, 11) is 0. The molecule has 0 saturated carbocycles. The Hall–Kier alpha value is -1.87. The van der Waals surface area contributed by atoms with Crippen LogP contribution in [0.5, 0.6) is 0 Å². The highest BCUT2D eigenvalue weighted by Gasteiger charge is 2.19. The average molecular weight is 329 g/mol. The molecule has 3 rings (SSSR count). The molecule has 0 fully saturated rings. The monoisotopic (exact) mass is 328 g/mol. The van der Waals surface area contributed by atoms with E-state index >= 15 is 0 Å². The molecule has 0 amide bonds. The van der Waals surface area contributed by atoms with Gasteiger partial charge in [-0.1, -0.05) is 40.2 Å². The minimum Gasteiger partial charge on any atom is -0.452 e. The van der Waals surface area contributed by atoms with Gasteiger partial charge in [0.2, 0.25) is 5.78 Å². The van der Waals surface area contributed by atoms with Crippen LogP contribution in [0.25, 0.3) is 11.0 Å². The Kier molecular flexibility index (Phi) is 3.22. The third-order valence-electron chi connectivity index (χ3n) is 3.39. The van der Waals surface area contributed by atoms with E-state index in [-0.39, 0.29) is 5.78 Å². The van der Waals surface area contributed by atoms with Crippen LogP contribution in [0.2, 0.25) is 0 Å². The fraction of sp³-hybridized carbons (Fsp3) is 0.118. The van der Waals surface area contributed by atoms with Crippen molar-refractivity contribution in [2.24, 2.45) is 0 Å². The molecule has 0 radical (unpaired) electrons. The van der Waals surface area contributed by atoms with Crippen LogP contribution in [-0.2, 0) is 0 Å². The zero-order chi connectivity index (χ0) is 14.3. The van der Waals surface area contributed by atoms with Gasteiger partial charge >= 0.3 is 0 Å². The zero-order valence-corrected chi connectivity index (χ0v) is 12.8. The number of hydrogen-bond acceptors (Lipinski definition) is 2. The maximum absolute atomic E-state index is 12.6. The molecule has 0 bridgehead atoms. The molecule has 2 nitrogen and oxygen atoms in total. The van der Waals surface area contributed by atoms with Crippen LogP contribution in [0.3, 0.4) is 0 Å². The summed E-state index contributed by atoms with van der Waals surface area (Å²) in [4.78, 5) is 12.6. The third kappa shape index (κ3) is 2.18. The van der Waals surface area contributed by atoms with Gasteiger partial charge in [-0.15, -0.1) is 0 Å². The standard InChI is InChI=1S/C17H13BrO2/c1-10-6-7-14-11(2)17(20-15(14)8-10)16(19)12-4-3-5-13(18)9-12/h3-9H,1-2H3. The number of halogens is 1. The van der Waals surface area contributed by atoms with E-state index in [1.165, 1.54) is 0 Å². The maximum Gasteiger partial charge on any atom is 0.228 e. The first-order valence-electron chi connectivity index (χ1n) is 6.36. The SMILES string of the molecule is Cc1ccc2c(C)c(C(=O)c3cccc(Br)c3)oc2c1. The predicted octanol–water partition coefficient (Wildman–Crippen LogP) is 5.04. The molecular weight excluding hydrogens is 316 g/mol. The van der Waals surface area contributed by atoms with Gasteiger partial charge in [0.15, 0.2) is 5.76 Å². The van der Waals surface area contributed by atoms with E-state index in [0.717, 1.165) is 26.6 Å². The number of furan rings is 1. The lowest BCUT2D eigenvalue weighted by molar-refractivity contribution is 0.101. The van der Waals surface area contributed by atoms with E-state index in [0.29, 0.717) is 11.3 Å². The molecule has 0 saturated heterocycles. The number of hydrogen-bond donors (Lipinski definition) is 0. The minimum absolute atomic E-state index is 0.0855. The lowest BCUT2D eigenvalue weighted by Crippen LogP contribution is -2.01. The number of carbonyl (C=O) groups excluding carboxylic acids is 1. The van der Waals surface area contributed by atoms with Crippen molar-refractivity contribution in [1.82, 2.24) is 0 Å². The summed E-state index contributed by atoms with van der Waals surface area (Å²) in [5.74, 6) is 0.335. The highest BCUT2D eigenvalue weighted by Crippen LogP contribution is 2.28. The number of benzene rings is 2. The second-order valence-corrected chi connectivity index (χ2v) is 5.81. The molecule has 0 spiro atoms. The molecule has 0 aliphatic carbocycles. The number of fused-ring (bicyclic) bond motifs is 1. The maximum atomic E-state index is 12.6. The second-order valence-electron chi connectivity index (χ2n) is 4.90. The van der Waals surface area contributed by atoms with E-state index in [2.05, 4.69) is 15.9 Å². The first kappa shape index (κ1) is 13.1. The normalized spacial score (nSPS) is 10.9.